The van der Waals surface area contributed by atoms with E-state index in [-0.39, 0.29) is 18.1 Å². The zero-order valence-electron chi connectivity index (χ0n) is 11.3. The van der Waals surface area contributed by atoms with E-state index in [2.05, 4.69) is 15.2 Å². The summed E-state index contributed by atoms with van der Waals surface area (Å²) in [4.78, 5) is 19.2. The molecule has 1 aromatic rings. The first-order valence-corrected chi connectivity index (χ1v) is 7.95. The summed E-state index contributed by atoms with van der Waals surface area (Å²) in [5, 5.41) is 13.0. The second kappa shape index (κ2) is 5.57. The number of thiazole rings is 1. The van der Waals surface area contributed by atoms with Crippen LogP contribution in [-0.2, 0) is 0 Å². The molecule has 0 spiro atoms. The van der Waals surface area contributed by atoms with Gasteiger partial charge in [-0.25, -0.2) is 4.98 Å². The van der Waals surface area contributed by atoms with Gasteiger partial charge in [0.15, 0.2) is 5.13 Å². The monoisotopic (exact) mass is 296 g/mol. The second-order valence-corrected chi connectivity index (χ2v) is 6.53. The number of amides is 1. The van der Waals surface area contributed by atoms with E-state index >= 15 is 0 Å². The Morgan fingerprint density at radius 3 is 2.70 bits per heavy atom. The topological polar surface area (TPSA) is 91.5 Å². The highest BCUT2D eigenvalue weighted by molar-refractivity contribution is 7.18. The third-order valence-corrected chi connectivity index (χ3v) is 5.05. The Hall–Kier alpha value is -1.34. The summed E-state index contributed by atoms with van der Waals surface area (Å²) in [6.45, 7) is 1.98. The maximum atomic E-state index is 12.2. The summed E-state index contributed by atoms with van der Waals surface area (Å²) < 4.78 is 0. The predicted octanol–water partition coefficient (Wildman–Crippen LogP) is 0.969. The summed E-state index contributed by atoms with van der Waals surface area (Å²) >= 11 is 1.37. The van der Waals surface area contributed by atoms with Crippen LogP contribution in [0.3, 0.4) is 0 Å². The number of nitrogens with two attached hydrogens (primary N) is 1. The van der Waals surface area contributed by atoms with Crippen molar-refractivity contribution in [2.75, 3.05) is 23.7 Å². The average molecular weight is 296 g/mol. The van der Waals surface area contributed by atoms with Gasteiger partial charge >= 0.3 is 0 Å². The number of aliphatic hydroxyl groups is 1. The lowest BCUT2D eigenvalue weighted by Gasteiger charge is -2.31. The second-order valence-electron chi connectivity index (χ2n) is 5.55. The number of piperidine rings is 1. The third-order valence-electron chi connectivity index (χ3n) is 3.92. The van der Waals surface area contributed by atoms with Gasteiger partial charge in [0.1, 0.15) is 10.7 Å². The number of anilines is 2. The highest BCUT2D eigenvalue weighted by atomic mass is 32.1. The van der Waals surface area contributed by atoms with Gasteiger partial charge in [-0.2, -0.15) is 0 Å². The Labute approximate surface area is 122 Å². The molecule has 3 rings (SSSR count). The molecule has 4 N–H and O–H groups in total. The molecule has 20 heavy (non-hydrogen) atoms. The maximum absolute atomic E-state index is 12.2. The molecule has 6 nitrogen and oxygen atoms in total. The normalized spacial score (nSPS) is 26.1. The van der Waals surface area contributed by atoms with Crippen molar-refractivity contribution < 1.29 is 9.90 Å². The zero-order chi connectivity index (χ0) is 14.1. The number of carbonyl (C=O) groups is 1. The van der Waals surface area contributed by atoms with Crippen LogP contribution in [0.15, 0.2) is 0 Å². The zero-order valence-corrected chi connectivity index (χ0v) is 12.2. The molecule has 0 aromatic carbocycles. The molecule has 0 atom stereocenters. The van der Waals surface area contributed by atoms with Crippen molar-refractivity contribution >= 4 is 28.2 Å². The van der Waals surface area contributed by atoms with E-state index < -0.39 is 0 Å². The van der Waals surface area contributed by atoms with Crippen LogP contribution in [0.5, 0.6) is 0 Å². The Morgan fingerprint density at radius 2 is 2.05 bits per heavy atom. The largest absolute Gasteiger partial charge is 0.393 e. The minimum atomic E-state index is -0.275. The number of aromatic nitrogens is 1. The third kappa shape index (κ3) is 2.73. The minimum Gasteiger partial charge on any atom is -0.393 e. The van der Waals surface area contributed by atoms with Gasteiger partial charge < -0.3 is 21.1 Å². The molecule has 110 valence electrons. The molecular formula is C13H20N4O2S. The average Bonchev–Trinajstić information content (AvgIpc) is 2.80. The van der Waals surface area contributed by atoms with Crippen molar-refractivity contribution in [2.45, 2.75) is 44.2 Å². The van der Waals surface area contributed by atoms with Crippen LogP contribution in [-0.4, -0.2) is 41.2 Å². The minimum absolute atomic E-state index is 0.0671. The number of carbonyl (C=O) groups excluding carboxylic acids is 1. The van der Waals surface area contributed by atoms with E-state index in [1.807, 2.05) is 0 Å². The molecule has 1 amide bonds. The van der Waals surface area contributed by atoms with E-state index in [0.717, 1.165) is 18.2 Å². The number of hydrogen-bond donors (Lipinski definition) is 3. The summed E-state index contributed by atoms with van der Waals surface area (Å²) in [6.07, 6.45) is 4.58. The Balaban J connectivity index is 1.66. The number of nitrogens with one attached hydrogen (secondary N) is 1. The molecule has 1 aliphatic heterocycles. The number of nitrogens with zero attached hydrogens (tertiary/aromatic N) is 2. The number of hydrogen-bond acceptors (Lipinski definition) is 6. The number of aliphatic hydroxyl groups excluding tert-OH is 1. The van der Waals surface area contributed by atoms with E-state index in [0.29, 0.717) is 23.5 Å². The molecule has 0 unspecified atom stereocenters. The number of nitrogen functional groups attached to an aromatic ring is 1. The first-order valence-electron chi connectivity index (χ1n) is 7.13. The summed E-state index contributed by atoms with van der Waals surface area (Å²) in [5.41, 5.74) is 5.87. The Kier molecular flexibility index (Phi) is 3.80. The van der Waals surface area contributed by atoms with Gasteiger partial charge in [-0.3, -0.25) is 4.79 Å². The quantitative estimate of drug-likeness (QED) is 0.773. The lowest BCUT2D eigenvalue weighted by Crippen LogP contribution is -2.46. The number of rotatable bonds is 3. The van der Waals surface area contributed by atoms with Crippen LogP contribution < -0.4 is 16.0 Å². The van der Waals surface area contributed by atoms with Crippen molar-refractivity contribution in [3.63, 3.8) is 0 Å². The fraction of sp³-hybridized carbons (Fsp3) is 0.692. The molecule has 2 heterocycles. The lowest BCUT2D eigenvalue weighted by molar-refractivity contribution is 0.0565. The van der Waals surface area contributed by atoms with Gasteiger partial charge in [0.2, 0.25) is 0 Å². The van der Waals surface area contributed by atoms with Crippen molar-refractivity contribution in [1.82, 2.24) is 10.3 Å². The van der Waals surface area contributed by atoms with Crippen molar-refractivity contribution in [2.24, 2.45) is 0 Å². The Morgan fingerprint density at radius 1 is 1.35 bits per heavy atom. The van der Waals surface area contributed by atoms with Gasteiger partial charge in [-0.1, -0.05) is 11.3 Å². The van der Waals surface area contributed by atoms with E-state index in [1.165, 1.54) is 30.6 Å². The summed E-state index contributed by atoms with van der Waals surface area (Å²) in [5.74, 6) is 0.146. The van der Waals surface area contributed by atoms with E-state index in [1.54, 1.807) is 0 Å². The highest BCUT2D eigenvalue weighted by Crippen LogP contribution is 2.30. The fourth-order valence-electron chi connectivity index (χ4n) is 2.66. The van der Waals surface area contributed by atoms with Crippen LogP contribution in [0.2, 0.25) is 0 Å². The predicted molar refractivity (Wildman–Crippen MR) is 79.1 cm³/mol. The first kappa shape index (κ1) is 13.6. The summed E-state index contributed by atoms with van der Waals surface area (Å²) in [7, 11) is 0. The summed E-state index contributed by atoms with van der Waals surface area (Å²) in [6, 6.07) is 0.0671. The lowest BCUT2D eigenvalue weighted by atomic mass is 9.89. The van der Waals surface area contributed by atoms with Crippen molar-refractivity contribution in [3.8, 4) is 0 Å². The molecule has 1 aliphatic carbocycles. The van der Waals surface area contributed by atoms with Crippen LogP contribution in [0.25, 0.3) is 0 Å². The van der Waals surface area contributed by atoms with Crippen LogP contribution in [0, 0.1) is 0 Å². The molecule has 0 bridgehead atoms. The SMILES string of the molecule is Nc1nc(N2CCCCC2)sc1C(=O)NC1CC(O)C1. The molecule has 7 heteroatoms. The van der Waals surface area contributed by atoms with Gasteiger partial charge in [0.25, 0.3) is 5.91 Å². The molecule has 2 aliphatic rings. The highest BCUT2D eigenvalue weighted by Gasteiger charge is 2.30. The maximum Gasteiger partial charge on any atom is 0.265 e. The van der Waals surface area contributed by atoms with Gasteiger partial charge in [0.05, 0.1) is 6.10 Å². The standard InChI is InChI=1S/C13H20N4O2S/c14-11-10(12(19)15-8-6-9(18)7-8)20-13(16-11)17-4-2-1-3-5-17/h8-9,18H,1-7,14H2,(H,15,19). The first-order chi connectivity index (χ1) is 9.63. The molecule has 1 aromatic heterocycles. The fourth-order valence-corrected chi connectivity index (χ4v) is 3.60. The van der Waals surface area contributed by atoms with Gasteiger partial charge in [-0.05, 0) is 32.1 Å². The van der Waals surface area contributed by atoms with Gasteiger partial charge in [-0.15, -0.1) is 0 Å². The molecule has 2 fully saturated rings. The van der Waals surface area contributed by atoms with Gasteiger partial charge in [0, 0.05) is 19.1 Å². The van der Waals surface area contributed by atoms with E-state index in [9.17, 15) is 9.90 Å². The van der Waals surface area contributed by atoms with Crippen LogP contribution in [0.1, 0.15) is 41.8 Å². The van der Waals surface area contributed by atoms with Crippen LogP contribution in [0.4, 0.5) is 10.9 Å². The smallest absolute Gasteiger partial charge is 0.265 e. The van der Waals surface area contributed by atoms with Crippen LogP contribution >= 0.6 is 11.3 Å². The molecule has 1 saturated heterocycles. The molecule has 1 saturated carbocycles. The molecule has 0 radical (unpaired) electrons. The van der Waals surface area contributed by atoms with E-state index in [4.69, 9.17) is 5.73 Å². The van der Waals surface area contributed by atoms with Crippen molar-refractivity contribution in [3.05, 3.63) is 4.88 Å². The van der Waals surface area contributed by atoms with Crippen molar-refractivity contribution in [1.29, 1.82) is 0 Å². The Bertz CT molecular complexity index is 493. The molecular weight excluding hydrogens is 276 g/mol.